The molecule has 0 bridgehead atoms. The van der Waals surface area contributed by atoms with Gasteiger partial charge >= 0.3 is 10.2 Å². The van der Waals surface area contributed by atoms with Gasteiger partial charge in [0.2, 0.25) is 5.91 Å². The van der Waals surface area contributed by atoms with E-state index in [2.05, 4.69) is 11.9 Å². The summed E-state index contributed by atoms with van der Waals surface area (Å²) in [4.78, 5) is 24.7. The molecule has 8 heteroatoms. The lowest BCUT2D eigenvalue weighted by molar-refractivity contribution is -0.117. The van der Waals surface area contributed by atoms with E-state index in [-0.39, 0.29) is 18.9 Å². The summed E-state index contributed by atoms with van der Waals surface area (Å²) in [5.74, 6) is -0.751. The molecule has 6 nitrogen and oxygen atoms in total. The molecule has 0 spiro atoms. The number of benzene rings is 1. The number of halogens is 1. The average molecular weight is 326 g/mol. The molecule has 1 saturated heterocycles. The quantitative estimate of drug-likeness (QED) is 0.646. The number of carbonyl (C=O) groups is 2. The van der Waals surface area contributed by atoms with Gasteiger partial charge in [-0.05, 0) is 24.3 Å². The van der Waals surface area contributed by atoms with Crippen LogP contribution in [0.5, 0.6) is 0 Å². The minimum atomic E-state index is -4.74. The van der Waals surface area contributed by atoms with Gasteiger partial charge in [-0.15, -0.1) is 10.5 Å². The second-order valence-corrected chi connectivity index (χ2v) is 6.47. The lowest BCUT2D eigenvalue weighted by atomic mass is 10.2. The third-order valence-electron chi connectivity index (χ3n) is 3.34. The zero-order valence-corrected chi connectivity index (χ0v) is 12.5. The molecule has 1 N–H and O–H groups in total. The number of hydrogen-bond donors (Lipinski definition) is 1. The predicted molar refractivity (Wildman–Crippen MR) is 79.8 cm³/mol. The first kappa shape index (κ1) is 16.2. The maximum Gasteiger partial charge on any atom is 0.307 e. The summed E-state index contributed by atoms with van der Waals surface area (Å²) in [6, 6.07) is 6.07. The summed E-state index contributed by atoms with van der Waals surface area (Å²) >= 11 is 0. The molecular formula is C14H15FN2O4S. The standard InChI is InChI=1S/C14H15FN2O4S/c1-2-7-16-14(19)10-3-5-11(6-4-10)17-9-12(8-13(17)18)22(15,20)21/h2-6,12H,1,7-9H2,(H,16,19). The lowest BCUT2D eigenvalue weighted by Gasteiger charge is -2.16. The summed E-state index contributed by atoms with van der Waals surface area (Å²) in [6.45, 7) is 3.60. The van der Waals surface area contributed by atoms with Crippen molar-refractivity contribution in [2.24, 2.45) is 0 Å². The topological polar surface area (TPSA) is 83.6 Å². The van der Waals surface area contributed by atoms with E-state index < -0.39 is 21.4 Å². The molecule has 2 amide bonds. The normalized spacial score (nSPS) is 18.3. The van der Waals surface area contributed by atoms with Crippen molar-refractivity contribution < 1.29 is 21.9 Å². The lowest BCUT2D eigenvalue weighted by Crippen LogP contribution is -2.27. The summed E-state index contributed by atoms with van der Waals surface area (Å²) in [7, 11) is -4.74. The Morgan fingerprint density at radius 1 is 1.41 bits per heavy atom. The number of nitrogens with zero attached hydrogens (tertiary/aromatic N) is 1. The number of nitrogens with one attached hydrogen (secondary N) is 1. The minimum absolute atomic E-state index is 0.223. The van der Waals surface area contributed by atoms with Gasteiger partial charge in [0.15, 0.2) is 0 Å². The molecule has 1 aliphatic rings. The highest BCUT2D eigenvalue weighted by Crippen LogP contribution is 2.26. The third kappa shape index (κ3) is 3.51. The van der Waals surface area contributed by atoms with Gasteiger partial charge in [0, 0.05) is 30.8 Å². The van der Waals surface area contributed by atoms with Gasteiger partial charge in [-0.25, -0.2) is 0 Å². The number of anilines is 1. The maximum absolute atomic E-state index is 13.0. The van der Waals surface area contributed by atoms with Gasteiger partial charge < -0.3 is 10.2 Å². The van der Waals surface area contributed by atoms with Gasteiger partial charge in [-0.3, -0.25) is 9.59 Å². The molecule has 1 heterocycles. The van der Waals surface area contributed by atoms with E-state index in [0.29, 0.717) is 17.8 Å². The van der Waals surface area contributed by atoms with Crippen molar-refractivity contribution in [1.82, 2.24) is 5.32 Å². The number of amides is 2. The molecule has 1 aliphatic heterocycles. The molecule has 22 heavy (non-hydrogen) atoms. The van der Waals surface area contributed by atoms with Gasteiger partial charge in [-0.1, -0.05) is 6.08 Å². The third-order valence-corrected chi connectivity index (χ3v) is 4.45. The first-order valence-electron chi connectivity index (χ1n) is 6.56. The second kappa shape index (κ2) is 6.27. The Kier molecular flexibility index (Phi) is 4.60. The molecule has 1 atom stereocenters. The van der Waals surface area contributed by atoms with Crippen molar-refractivity contribution in [2.75, 3.05) is 18.0 Å². The van der Waals surface area contributed by atoms with Crippen LogP contribution in [0.1, 0.15) is 16.8 Å². The highest BCUT2D eigenvalue weighted by Gasteiger charge is 2.39. The van der Waals surface area contributed by atoms with Crippen LogP contribution >= 0.6 is 0 Å². The van der Waals surface area contributed by atoms with E-state index in [9.17, 15) is 21.9 Å². The van der Waals surface area contributed by atoms with Gasteiger partial charge in [-0.2, -0.15) is 8.42 Å². The van der Waals surface area contributed by atoms with Crippen LogP contribution in [-0.2, 0) is 15.0 Å². The van der Waals surface area contributed by atoms with E-state index in [0.717, 1.165) is 0 Å². The summed E-state index contributed by atoms with van der Waals surface area (Å²) in [5, 5.41) is 1.27. The first-order valence-corrected chi connectivity index (χ1v) is 8.00. The Morgan fingerprint density at radius 2 is 2.05 bits per heavy atom. The van der Waals surface area contributed by atoms with Crippen molar-refractivity contribution in [3.05, 3.63) is 42.5 Å². The average Bonchev–Trinajstić information content (AvgIpc) is 2.87. The minimum Gasteiger partial charge on any atom is -0.349 e. The van der Waals surface area contributed by atoms with Crippen LogP contribution in [0.25, 0.3) is 0 Å². The number of rotatable bonds is 5. The molecular weight excluding hydrogens is 311 g/mol. The summed E-state index contributed by atoms with van der Waals surface area (Å²) in [6.07, 6.45) is 1.17. The molecule has 0 aliphatic carbocycles. The van der Waals surface area contributed by atoms with Crippen LogP contribution in [0.4, 0.5) is 9.57 Å². The largest absolute Gasteiger partial charge is 0.349 e. The van der Waals surface area contributed by atoms with Crippen LogP contribution in [-0.4, -0.2) is 38.6 Å². The van der Waals surface area contributed by atoms with Crippen LogP contribution in [0, 0.1) is 0 Å². The van der Waals surface area contributed by atoms with E-state index in [1.807, 2.05) is 0 Å². The second-order valence-electron chi connectivity index (χ2n) is 4.85. The van der Waals surface area contributed by atoms with Crippen molar-refractivity contribution in [1.29, 1.82) is 0 Å². The summed E-state index contributed by atoms with van der Waals surface area (Å²) in [5.41, 5.74) is 0.823. The maximum atomic E-state index is 13.0. The van der Waals surface area contributed by atoms with Crippen LogP contribution < -0.4 is 10.2 Å². The fourth-order valence-electron chi connectivity index (χ4n) is 2.17. The Bertz CT molecular complexity index is 700. The Labute approximate surface area is 127 Å². The van der Waals surface area contributed by atoms with Gasteiger partial charge in [0.1, 0.15) is 5.25 Å². The van der Waals surface area contributed by atoms with Gasteiger partial charge in [0.25, 0.3) is 5.91 Å². The highest BCUT2D eigenvalue weighted by atomic mass is 32.3. The SMILES string of the molecule is C=CCNC(=O)c1ccc(N2CC(S(=O)(=O)F)CC2=O)cc1. The molecule has 118 valence electrons. The van der Waals surface area contributed by atoms with E-state index in [1.54, 1.807) is 6.08 Å². The molecule has 0 saturated carbocycles. The van der Waals surface area contributed by atoms with E-state index >= 15 is 0 Å². The van der Waals surface area contributed by atoms with Crippen molar-refractivity contribution in [3.63, 3.8) is 0 Å². The zero-order valence-electron chi connectivity index (χ0n) is 11.7. The molecule has 0 aromatic heterocycles. The number of hydrogen-bond acceptors (Lipinski definition) is 4. The monoisotopic (exact) mass is 326 g/mol. The smallest absolute Gasteiger partial charge is 0.307 e. The van der Waals surface area contributed by atoms with Gasteiger partial charge in [0.05, 0.1) is 0 Å². The Morgan fingerprint density at radius 3 is 2.55 bits per heavy atom. The molecule has 1 aromatic carbocycles. The summed E-state index contributed by atoms with van der Waals surface area (Å²) < 4.78 is 34.8. The van der Waals surface area contributed by atoms with Crippen molar-refractivity contribution >= 4 is 27.7 Å². The molecule has 2 rings (SSSR count). The zero-order chi connectivity index (χ0) is 16.3. The fraction of sp³-hybridized carbons (Fsp3) is 0.286. The Balaban J connectivity index is 2.12. The molecule has 1 unspecified atom stereocenters. The highest BCUT2D eigenvalue weighted by molar-refractivity contribution is 7.87. The van der Waals surface area contributed by atoms with Crippen LogP contribution in [0.15, 0.2) is 36.9 Å². The van der Waals surface area contributed by atoms with Crippen LogP contribution in [0.2, 0.25) is 0 Å². The molecule has 1 aromatic rings. The van der Waals surface area contributed by atoms with E-state index in [1.165, 1.54) is 29.2 Å². The van der Waals surface area contributed by atoms with Crippen LogP contribution in [0.3, 0.4) is 0 Å². The molecule has 1 fully saturated rings. The predicted octanol–water partition coefficient (Wildman–Crippen LogP) is 1.01. The fourth-order valence-corrected chi connectivity index (χ4v) is 2.84. The molecule has 0 radical (unpaired) electrons. The number of carbonyl (C=O) groups excluding carboxylic acids is 2. The van der Waals surface area contributed by atoms with Crippen molar-refractivity contribution in [2.45, 2.75) is 11.7 Å². The Hall–Kier alpha value is -2.22. The first-order chi connectivity index (χ1) is 10.3. The van der Waals surface area contributed by atoms with E-state index in [4.69, 9.17) is 0 Å². The van der Waals surface area contributed by atoms with Crippen molar-refractivity contribution in [3.8, 4) is 0 Å².